The maximum atomic E-state index is 12.0. The van der Waals surface area contributed by atoms with Crippen molar-refractivity contribution < 1.29 is 19.0 Å². The van der Waals surface area contributed by atoms with Crippen molar-refractivity contribution in [1.82, 2.24) is 5.32 Å². The summed E-state index contributed by atoms with van der Waals surface area (Å²) in [4.78, 5) is 12.0. The van der Waals surface area contributed by atoms with Crippen molar-refractivity contribution in [3.05, 3.63) is 23.8 Å². The van der Waals surface area contributed by atoms with Crippen molar-refractivity contribution in [3.8, 4) is 11.5 Å². The average molecular weight is 279 g/mol. The third kappa shape index (κ3) is 2.33. The molecule has 1 aliphatic rings. The second-order valence-corrected chi connectivity index (χ2v) is 5.19. The molecule has 0 aliphatic carbocycles. The summed E-state index contributed by atoms with van der Waals surface area (Å²) in [6.45, 7) is 3.41. The van der Waals surface area contributed by atoms with Crippen molar-refractivity contribution in [1.29, 1.82) is 0 Å². The highest BCUT2D eigenvalue weighted by atomic mass is 16.5. The van der Waals surface area contributed by atoms with E-state index in [1.807, 2.05) is 18.2 Å². The van der Waals surface area contributed by atoms with E-state index in [1.54, 1.807) is 14.2 Å². The molecule has 5 nitrogen and oxygen atoms in total. The lowest BCUT2D eigenvalue weighted by atomic mass is 9.74. The zero-order valence-electron chi connectivity index (χ0n) is 12.4. The normalized spacial score (nSPS) is 25.3. The molecule has 2 rings (SSSR count). The standard InChI is InChI=1S/C15H21NO4/c1-15(9-16-8-11(15)14(17)20-4)10-5-6-12(18-2)13(7-10)19-3/h5-7,11,16H,8-9H2,1-4H3. The Kier molecular flexibility index (Phi) is 4.18. The molecule has 2 atom stereocenters. The molecule has 1 saturated heterocycles. The van der Waals surface area contributed by atoms with Crippen LogP contribution in [-0.2, 0) is 14.9 Å². The molecule has 110 valence electrons. The van der Waals surface area contributed by atoms with Crippen molar-refractivity contribution in [3.63, 3.8) is 0 Å². The number of methoxy groups -OCH3 is 3. The molecule has 20 heavy (non-hydrogen) atoms. The first-order valence-electron chi connectivity index (χ1n) is 6.58. The number of ether oxygens (including phenoxy) is 3. The number of hydrogen-bond donors (Lipinski definition) is 1. The van der Waals surface area contributed by atoms with Gasteiger partial charge in [-0.2, -0.15) is 0 Å². The SMILES string of the molecule is COC(=O)C1CNCC1(C)c1ccc(OC)c(OC)c1. The molecule has 0 spiro atoms. The molecule has 0 bridgehead atoms. The number of benzene rings is 1. The Labute approximate surface area is 119 Å². The molecule has 1 N–H and O–H groups in total. The molecule has 5 heteroatoms. The van der Waals surface area contributed by atoms with Gasteiger partial charge in [0.05, 0.1) is 27.2 Å². The van der Waals surface area contributed by atoms with Crippen molar-refractivity contribution in [2.45, 2.75) is 12.3 Å². The summed E-state index contributed by atoms with van der Waals surface area (Å²) in [6, 6.07) is 5.78. The second kappa shape index (κ2) is 5.71. The van der Waals surface area contributed by atoms with Crippen LogP contribution in [0.25, 0.3) is 0 Å². The first-order valence-corrected chi connectivity index (χ1v) is 6.58. The fourth-order valence-corrected chi connectivity index (χ4v) is 2.81. The van der Waals surface area contributed by atoms with Gasteiger partial charge in [-0.05, 0) is 17.7 Å². The van der Waals surface area contributed by atoms with Gasteiger partial charge in [-0.25, -0.2) is 0 Å². The minimum atomic E-state index is -0.313. The van der Waals surface area contributed by atoms with Gasteiger partial charge >= 0.3 is 5.97 Å². The van der Waals surface area contributed by atoms with Gasteiger partial charge in [0, 0.05) is 18.5 Å². The molecule has 1 aromatic rings. The Morgan fingerprint density at radius 3 is 2.55 bits per heavy atom. The Hall–Kier alpha value is -1.75. The van der Waals surface area contributed by atoms with E-state index in [4.69, 9.17) is 14.2 Å². The molecule has 0 amide bonds. The van der Waals surface area contributed by atoms with E-state index in [9.17, 15) is 4.79 Å². The molecule has 1 fully saturated rings. The lowest BCUT2D eigenvalue weighted by Crippen LogP contribution is -2.37. The summed E-state index contributed by atoms with van der Waals surface area (Å²) < 4.78 is 15.5. The van der Waals surface area contributed by atoms with Gasteiger partial charge in [0.1, 0.15) is 0 Å². The van der Waals surface area contributed by atoms with E-state index >= 15 is 0 Å². The van der Waals surface area contributed by atoms with Crippen LogP contribution >= 0.6 is 0 Å². The maximum absolute atomic E-state index is 12.0. The third-order valence-electron chi connectivity index (χ3n) is 4.14. The number of rotatable bonds is 4. The molecule has 1 aromatic carbocycles. The van der Waals surface area contributed by atoms with E-state index in [-0.39, 0.29) is 17.3 Å². The second-order valence-electron chi connectivity index (χ2n) is 5.19. The van der Waals surface area contributed by atoms with E-state index in [1.165, 1.54) is 7.11 Å². The fourth-order valence-electron chi connectivity index (χ4n) is 2.81. The fraction of sp³-hybridized carbons (Fsp3) is 0.533. The number of nitrogens with one attached hydrogen (secondary N) is 1. The Morgan fingerprint density at radius 2 is 1.95 bits per heavy atom. The monoisotopic (exact) mass is 279 g/mol. The van der Waals surface area contributed by atoms with Crippen LogP contribution in [-0.4, -0.2) is 40.4 Å². The van der Waals surface area contributed by atoms with E-state index in [0.717, 1.165) is 12.1 Å². The van der Waals surface area contributed by atoms with E-state index in [2.05, 4.69) is 12.2 Å². The van der Waals surface area contributed by atoms with Gasteiger partial charge in [-0.15, -0.1) is 0 Å². The van der Waals surface area contributed by atoms with Crippen LogP contribution in [0.5, 0.6) is 11.5 Å². The summed E-state index contributed by atoms with van der Waals surface area (Å²) in [6.07, 6.45) is 0. The lowest BCUT2D eigenvalue weighted by molar-refractivity contribution is -0.146. The lowest BCUT2D eigenvalue weighted by Gasteiger charge is -2.30. The first kappa shape index (κ1) is 14.7. The average Bonchev–Trinajstić information content (AvgIpc) is 2.88. The van der Waals surface area contributed by atoms with Crippen molar-refractivity contribution in [2.24, 2.45) is 5.92 Å². The Balaban J connectivity index is 2.40. The smallest absolute Gasteiger partial charge is 0.310 e. The minimum absolute atomic E-state index is 0.188. The quantitative estimate of drug-likeness (QED) is 0.843. The zero-order chi connectivity index (χ0) is 14.8. The Bertz CT molecular complexity index is 503. The number of esters is 1. The van der Waals surface area contributed by atoms with Crippen LogP contribution in [0.1, 0.15) is 12.5 Å². The highest BCUT2D eigenvalue weighted by Gasteiger charge is 2.45. The largest absolute Gasteiger partial charge is 0.493 e. The van der Waals surface area contributed by atoms with Crippen LogP contribution in [0.15, 0.2) is 18.2 Å². The van der Waals surface area contributed by atoms with Crippen molar-refractivity contribution >= 4 is 5.97 Å². The molecule has 0 saturated carbocycles. The van der Waals surface area contributed by atoms with Gasteiger partial charge in [0.2, 0.25) is 0 Å². The summed E-state index contributed by atoms with van der Waals surface area (Å²) in [5.74, 6) is 0.958. The molecule has 1 heterocycles. The molecule has 0 aromatic heterocycles. The summed E-state index contributed by atoms with van der Waals surface area (Å²) in [5, 5.41) is 3.27. The molecular weight excluding hydrogens is 258 g/mol. The molecule has 2 unspecified atom stereocenters. The summed E-state index contributed by atoms with van der Waals surface area (Å²) in [7, 11) is 4.64. The molecule has 0 radical (unpaired) electrons. The molecule has 1 aliphatic heterocycles. The van der Waals surface area contributed by atoms with Gasteiger partial charge in [-0.3, -0.25) is 4.79 Å². The predicted molar refractivity (Wildman–Crippen MR) is 75.3 cm³/mol. The van der Waals surface area contributed by atoms with Crippen LogP contribution in [0.3, 0.4) is 0 Å². The Morgan fingerprint density at radius 1 is 1.25 bits per heavy atom. The van der Waals surface area contributed by atoms with Crippen LogP contribution in [0.2, 0.25) is 0 Å². The summed E-state index contributed by atoms with van der Waals surface area (Å²) in [5.41, 5.74) is 0.725. The number of hydrogen-bond acceptors (Lipinski definition) is 5. The van der Waals surface area contributed by atoms with Crippen LogP contribution in [0, 0.1) is 5.92 Å². The van der Waals surface area contributed by atoms with E-state index < -0.39 is 0 Å². The van der Waals surface area contributed by atoms with Crippen LogP contribution in [0.4, 0.5) is 0 Å². The minimum Gasteiger partial charge on any atom is -0.493 e. The highest BCUT2D eigenvalue weighted by molar-refractivity contribution is 5.75. The number of carbonyl (C=O) groups excluding carboxylic acids is 1. The van der Waals surface area contributed by atoms with Gasteiger partial charge in [-0.1, -0.05) is 13.0 Å². The first-order chi connectivity index (χ1) is 9.56. The maximum Gasteiger partial charge on any atom is 0.310 e. The summed E-state index contributed by atoms with van der Waals surface area (Å²) >= 11 is 0. The van der Waals surface area contributed by atoms with Gasteiger partial charge < -0.3 is 19.5 Å². The van der Waals surface area contributed by atoms with E-state index in [0.29, 0.717) is 18.0 Å². The molecular formula is C15H21NO4. The van der Waals surface area contributed by atoms with Gasteiger partial charge in [0.25, 0.3) is 0 Å². The third-order valence-corrected chi connectivity index (χ3v) is 4.14. The number of carbonyl (C=O) groups is 1. The highest BCUT2D eigenvalue weighted by Crippen LogP contribution is 2.39. The van der Waals surface area contributed by atoms with Crippen LogP contribution < -0.4 is 14.8 Å². The topological polar surface area (TPSA) is 56.8 Å². The zero-order valence-corrected chi connectivity index (χ0v) is 12.4. The van der Waals surface area contributed by atoms with Gasteiger partial charge in [0.15, 0.2) is 11.5 Å². The predicted octanol–water partition coefficient (Wildman–Crippen LogP) is 1.35. The van der Waals surface area contributed by atoms with Crippen molar-refractivity contribution in [2.75, 3.05) is 34.4 Å².